The van der Waals surface area contributed by atoms with Gasteiger partial charge in [-0.3, -0.25) is 4.79 Å². The molecule has 6 heteroatoms. The zero-order chi connectivity index (χ0) is 13.5. The normalized spacial score (nSPS) is 12.0. The van der Waals surface area contributed by atoms with Crippen molar-refractivity contribution in [1.82, 2.24) is 0 Å². The van der Waals surface area contributed by atoms with E-state index in [2.05, 4.69) is 10.1 Å². The summed E-state index contributed by atoms with van der Waals surface area (Å²) in [5.41, 5.74) is 0.330. The summed E-state index contributed by atoms with van der Waals surface area (Å²) in [5, 5.41) is 12.2. The molecular weight excluding hydrogens is 244 g/mol. The molecule has 1 rings (SSSR count). The molecule has 0 saturated carbocycles. The van der Waals surface area contributed by atoms with Crippen molar-refractivity contribution in [3.8, 4) is 0 Å². The Kier molecular flexibility index (Phi) is 5.51. The van der Waals surface area contributed by atoms with Crippen LogP contribution in [0.3, 0.4) is 0 Å². The Hall–Kier alpha value is -1.69. The number of nitrogens with one attached hydrogen (secondary N) is 1. The number of anilines is 1. The highest BCUT2D eigenvalue weighted by Gasteiger charge is 2.11. The predicted octanol–water partition coefficient (Wildman–Crippen LogP) is 1.69. The minimum atomic E-state index is -0.972. The lowest BCUT2D eigenvalue weighted by atomic mass is 10.2. The molecule has 0 fully saturated rings. The van der Waals surface area contributed by atoms with E-state index in [-0.39, 0.29) is 19.6 Å². The first-order chi connectivity index (χ1) is 8.52. The molecule has 0 saturated heterocycles. The molecule has 0 amide bonds. The minimum Gasteiger partial charge on any atom is -0.466 e. The number of esters is 1. The van der Waals surface area contributed by atoms with Crippen molar-refractivity contribution in [2.45, 2.75) is 19.4 Å². The van der Waals surface area contributed by atoms with Gasteiger partial charge in [0.05, 0.1) is 19.1 Å². The third-order valence-electron chi connectivity index (χ3n) is 2.17. The summed E-state index contributed by atoms with van der Waals surface area (Å²) in [4.78, 5) is 11.0. The van der Waals surface area contributed by atoms with Gasteiger partial charge in [0.2, 0.25) is 0 Å². The molecule has 1 atom stereocenters. The molecule has 0 aliphatic heterocycles. The maximum absolute atomic E-state index is 12.9. The van der Waals surface area contributed by atoms with Gasteiger partial charge in [-0.05, 0) is 19.1 Å². The summed E-state index contributed by atoms with van der Waals surface area (Å²) in [6, 6.07) is 3.30. The number of hydrogen-bond donors (Lipinski definition) is 2. The van der Waals surface area contributed by atoms with Gasteiger partial charge in [-0.1, -0.05) is 0 Å². The Morgan fingerprint density at radius 3 is 2.78 bits per heavy atom. The minimum absolute atomic E-state index is 0.0455. The summed E-state index contributed by atoms with van der Waals surface area (Å²) >= 11 is 0. The molecule has 0 aliphatic carbocycles. The van der Waals surface area contributed by atoms with Gasteiger partial charge in [-0.2, -0.15) is 0 Å². The Labute approximate surface area is 104 Å². The van der Waals surface area contributed by atoms with Crippen molar-refractivity contribution in [3.63, 3.8) is 0 Å². The van der Waals surface area contributed by atoms with E-state index in [9.17, 15) is 18.7 Å². The molecule has 0 bridgehead atoms. The van der Waals surface area contributed by atoms with E-state index < -0.39 is 23.7 Å². The van der Waals surface area contributed by atoms with Gasteiger partial charge in [-0.15, -0.1) is 0 Å². The lowest BCUT2D eigenvalue weighted by Gasteiger charge is -2.12. The van der Waals surface area contributed by atoms with Gasteiger partial charge >= 0.3 is 5.97 Å². The molecule has 0 aromatic heterocycles. The van der Waals surface area contributed by atoms with Gasteiger partial charge in [0.25, 0.3) is 0 Å². The highest BCUT2D eigenvalue weighted by molar-refractivity contribution is 5.70. The van der Waals surface area contributed by atoms with Gasteiger partial charge in [0.15, 0.2) is 11.6 Å². The van der Waals surface area contributed by atoms with Crippen LogP contribution in [0.2, 0.25) is 0 Å². The molecule has 0 heterocycles. The predicted molar refractivity (Wildman–Crippen MR) is 62.1 cm³/mol. The quantitative estimate of drug-likeness (QED) is 0.763. The molecule has 18 heavy (non-hydrogen) atoms. The van der Waals surface area contributed by atoms with Gasteiger partial charge in [0, 0.05) is 18.3 Å². The second-order valence-corrected chi connectivity index (χ2v) is 3.67. The molecular formula is C12H15F2NO3. The number of hydrogen-bond acceptors (Lipinski definition) is 4. The molecule has 0 aliphatic rings. The van der Waals surface area contributed by atoms with Gasteiger partial charge in [0.1, 0.15) is 0 Å². The lowest BCUT2D eigenvalue weighted by molar-refractivity contribution is -0.145. The van der Waals surface area contributed by atoms with Crippen LogP contribution in [0.5, 0.6) is 0 Å². The summed E-state index contributed by atoms with van der Waals surface area (Å²) in [6.45, 7) is 1.97. The Bertz CT molecular complexity index is 412. The molecule has 100 valence electrons. The van der Waals surface area contributed by atoms with E-state index in [1.54, 1.807) is 6.92 Å². The highest BCUT2D eigenvalue weighted by Crippen LogP contribution is 2.13. The largest absolute Gasteiger partial charge is 0.466 e. The second kappa shape index (κ2) is 6.90. The van der Waals surface area contributed by atoms with Crippen LogP contribution in [-0.4, -0.2) is 30.3 Å². The first-order valence-electron chi connectivity index (χ1n) is 5.55. The first kappa shape index (κ1) is 14.4. The smallest absolute Gasteiger partial charge is 0.308 e. The van der Waals surface area contributed by atoms with Crippen LogP contribution in [-0.2, 0) is 9.53 Å². The molecule has 4 nitrogen and oxygen atoms in total. The fourth-order valence-electron chi connectivity index (χ4n) is 1.33. The summed E-state index contributed by atoms with van der Waals surface area (Å²) in [7, 11) is 0. The van der Waals surface area contributed by atoms with E-state index >= 15 is 0 Å². The van der Waals surface area contributed by atoms with E-state index in [0.29, 0.717) is 5.69 Å². The van der Waals surface area contributed by atoms with E-state index in [1.807, 2.05) is 0 Å². The number of ether oxygens (including phenoxy) is 1. The molecule has 0 radical (unpaired) electrons. The molecule has 1 aromatic rings. The van der Waals surface area contributed by atoms with Gasteiger partial charge in [-0.25, -0.2) is 8.78 Å². The SMILES string of the molecule is CCOC(=O)CC(O)CNc1ccc(F)c(F)c1. The Morgan fingerprint density at radius 1 is 1.44 bits per heavy atom. The third-order valence-corrected chi connectivity index (χ3v) is 2.17. The fraction of sp³-hybridized carbons (Fsp3) is 0.417. The average molecular weight is 259 g/mol. The monoisotopic (exact) mass is 259 g/mol. The van der Waals surface area contributed by atoms with E-state index in [0.717, 1.165) is 12.1 Å². The van der Waals surface area contributed by atoms with Crippen molar-refractivity contribution in [2.24, 2.45) is 0 Å². The van der Waals surface area contributed by atoms with Crippen molar-refractivity contribution < 1.29 is 23.4 Å². The van der Waals surface area contributed by atoms with Crippen molar-refractivity contribution in [1.29, 1.82) is 0 Å². The average Bonchev–Trinajstić information content (AvgIpc) is 2.31. The van der Waals surface area contributed by atoms with Crippen LogP contribution in [0, 0.1) is 11.6 Å². The third kappa shape index (κ3) is 4.67. The summed E-state index contributed by atoms with van der Waals surface area (Å²) < 4.78 is 30.2. The van der Waals surface area contributed by atoms with E-state index in [1.165, 1.54) is 6.07 Å². The lowest BCUT2D eigenvalue weighted by Crippen LogP contribution is -2.23. The maximum Gasteiger partial charge on any atom is 0.308 e. The highest BCUT2D eigenvalue weighted by atomic mass is 19.2. The molecule has 1 aromatic carbocycles. The number of benzene rings is 1. The molecule has 2 N–H and O–H groups in total. The summed E-state index contributed by atoms with van der Waals surface area (Å²) in [5.74, 6) is -2.41. The Balaban J connectivity index is 2.40. The summed E-state index contributed by atoms with van der Waals surface area (Å²) in [6.07, 6.45) is -1.10. The zero-order valence-corrected chi connectivity index (χ0v) is 9.95. The number of aliphatic hydroxyl groups is 1. The molecule has 0 spiro atoms. The van der Waals surface area contributed by atoms with Crippen LogP contribution in [0.1, 0.15) is 13.3 Å². The Morgan fingerprint density at radius 2 is 2.17 bits per heavy atom. The number of carbonyl (C=O) groups excluding carboxylic acids is 1. The standard InChI is InChI=1S/C12H15F2NO3/c1-2-18-12(17)6-9(16)7-15-8-3-4-10(13)11(14)5-8/h3-5,9,15-16H,2,6-7H2,1H3. The van der Waals surface area contributed by atoms with E-state index in [4.69, 9.17) is 0 Å². The first-order valence-corrected chi connectivity index (χ1v) is 5.55. The zero-order valence-electron chi connectivity index (χ0n) is 9.95. The molecule has 1 unspecified atom stereocenters. The topological polar surface area (TPSA) is 58.6 Å². The number of aliphatic hydroxyl groups excluding tert-OH is 1. The number of rotatable bonds is 6. The second-order valence-electron chi connectivity index (χ2n) is 3.67. The van der Waals surface area contributed by atoms with Crippen molar-refractivity contribution in [2.75, 3.05) is 18.5 Å². The maximum atomic E-state index is 12.9. The fourth-order valence-corrected chi connectivity index (χ4v) is 1.33. The van der Waals surface area contributed by atoms with Crippen LogP contribution >= 0.6 is 0 Å². The van der Waals surface area contributed by atoms with Crippen LogP contribution in [0.4, 0.5) is 14.5 Å². The van der Waals surface area contributed by atoms with Crippen LogP contribution < -0.4 is 5.32 Å². The van der Waals surface area contributed by atoms with Crippen LogP contribution in [0.15, 0.2) is 18.2 Å². The number of carbonyl (C=O) groups is 1. The van der Waals surface area contributed by atoms with Gasteiger partial charge < -0.3 is 15.2 Å². The van der Waals surface area contributed by atoms with Crippen molar-refractivity contribution in [3.05, 3.63) is 29.8 Å². The van der Waals surface area contributed by atoms with Crippen molar-refractivity contribution >= 4 is 11.7 Å². The van der Waals surface area contributed by atoms with Crippen LogP contribution in [0.25, 0.3) is 0 Å². The number of halogens is 2.